The van der Waals surface area contributed by atoms with Crippen molar-refractivity contribution >= 4 is 18.0 Å². The minimum absolute atomic E-state index is 0.121. The molecule has 1 aromatic carbocycles. The summed E-state index contributed by atoms with van der Waals surface area (Å²) >= 11 is 0. The highest BCUT2D eigenvalue weighted by Crippen LogP contribution is 2.35. The van der Waals surface area contributed by atoms with E-state index in [4.69, 9.17) is 18.9 Å². The molecule has 0 bridgehead atoms. The van der Waals surface area contributed by atoms with Crippen LogP contribution in [0, 0.1) is 0 Å². The summed E-state index contributed by atoms with van der Waals surface area (Å²) in [6.07, 6.45) is 2.94. The van der Waals surface area contributed by atoms with E-state index < -0.39 is 12.1 Å². The molecule has 1 N–H and O–H groups in total. The number of hydrogen-bond acceptors (Lipinski definition) is 6. The average Bonchev–Trinajstić information content (AvgIpc) is 2.98. The van der Waals surface area contributed by atoms with Crippen LogP contribution in [0.15, 0.2) is 18.2 Å². The monoisotopic (exact) mass is 377 g/mol. The molecule has 7 nitrogen and oxygen atoms in total. The Morgan fingerprint density at radius 3 is 2.89 bits per heavy atom. The largest absolute Gasteiger partial charge is 0.493 e. The molecule has 0 unspecified atom stereocenters. The molecular formula is C20H27NO6. The molecule has 1 heterocycles. The van der Waals surface area contributed by atoms with Gasteiger partial charge in [0.05, 0.1) is 13.2 Å². The van der Waals surface area contributed by atoms with E-state index in [0.29, 0.717) is 25.5 Å². The molecule has 1 aliphatic rings. The van der Waals surface area contributed by atoms with E-state index in [-0.39, 0.29) is 12.0 Å². The number of hydrogen-bond donors (Lipinski definition) is 1. The molecule has 0 aromatic heterocycles. The number of methoxy groups -OCH3 is 1. The summed E-state index contributed by atoms with van der Waals surface area (Å²) in [4.78, 5) is 23.9. The zero-order valence-corrected chi connectivity index (χ0v) is 16.2. The van der Waals surface area contributed by atoms with E-state index >= 15 is 0 Å². The predicted molar refractivity (Wildman–Crippen MR) is 101 cm³/mol. The Morgan fingerprint density at radius 1 is 1.41 bits per heavy atom. The van der Waals surface area contributed by atoms with Crippen LogP contribution in [0.4, 0.5) is 0 Å². The third-order valence-electron chi connectivity index (χ3n) is 3.99. The normalized spacial score (nSPS) is 16.5. The number of rotatable bonds is 9. The summed E-state index contributed by atoms with van der Waals surface area (Å²) in [7, 11) is 1.54. The van der Waals surface area contributed by atoms with Gasteiger partial charge in [0.1, 0.15) is 17.6 Å². The Morgan fingerprint density at radius 2 is 2.19 bits per heavy atom. The van der Waals surface area contributed by atoms with Crippen LogP contribution in [0.2, 0.25) is 0 Å². The third kappa shape index (κ3) is 5.99. The topological polar surface area (TPSA) is 83.1 Å². The van der Waals surface area contributed by atoms with Gasteiger partial charge >= 0.3 is 5.97 Å². The fraction of sp³-hybridized carbons (Fsp3) is 0.500. The maximum Gasteiger partial charge on any atom is 0.331 e. The number of benzene rings is 1. The van der Waals surface area contributed by atoms with Gasteiger partial charge in [0, 0.05) is 37.3 Å². The first-order chi connectivity index (χ1) is 12.9. The van der Waals surface area contributed by atoms with E-state index in [1.165, 1.54) is 13.0 Å². The van der Waals surface area contributed by atoms with Crippen LogP contribution in [0.1, 0.15) is 31.9 Å². The van der Waals surface area contributed by atoms with E-state index in [2.05, 4.69) is 5.32 Å². The Bertz CT molecular complexity index is 700. The number of amides is 1. The summed E-state index contributed by atoms with van der Waals surface area (Å²) in [5.41, 5.74) is 1.81. The second kappa shape index (κ2) is 9.97. The minimum atomic E-state index is -0.894. The molecule has 2 atom stereocenters. The lowest BCUT2D eigenvalue weighted by Crippen LogP contribution is -2.37. The van der Waals surface area contributed by atoms with Crippen molar-refractivity contribution < 1.29 is 28.5 Å². The Labute approximate surface area is 159 Å². The molecule has 0 saturated heterocycles. The molecule has 2 rings (SSSR count). The van der Waals surface area contributed by atoms with Crippen molar-refractivity contribution in [1.82, 2.24) is 5.32 Å². The van der Waals surface area contributed by atoms with E-state index in [9.17, 15) is 9.59 Å². The van der Waals surface area contributed by atoms with Crippen molar-refractivity contribution in [1.29, 1.82) is 0 Å². The average molecular weight is 377 g/mol. The molecule has 1 aromatic rings. The standard InChI is InChI=1S/C20H27NO6/c1-5-25-17-12-16-10-13(2)26-18(16)11-15(17)6-7-19(22)27-14(3)20(23)21-8-9-24-4/h6-7,11-14H,5,8-10H2,1-4H3,(H,21,23)/b7-6+/t13-,14-/m1/s1. The SMILES string of the molecule is CCOc1cc2c(cc1/C=C/C(=O)O[C@H](C)C(=O)NCCOC)O[C@H](C)C2. The molecule has 1 aliphatic heterocycles. The van der Waals surface area contributed by atoms with Gasteiger partial charge in [0.2, 0.25) is 0 Å². The van der Waals surface area contributed by atoms with Crippen molar-refractivity contribution in [2.45, 2.75) is 39.4 Å². The molecular weight excluding hydrogens is 350 g/mol. The number of carbonyl (C=O) groups excluding carboxylic acids is 2. The summed E-state index contributed by atoms with van der Waals surface area (Å²) in [6, 6.07) is 3.80. The first-order valence-electron chi connectivity index (χ1n) is 9.06. The van der Waals surface area contributed by atoms with E-state index in [1.807, 2.05) is 26.0 Å². The highest BCUT2D eigenvalue weighted by molar-refractivity contribution is 5.90. The van der Waals surface area contributed by atoms with Gasteiger partial charge in [0.15, 0.2) is 6.10 Å². The molecule has 27 heavy (non-hydrogen) atoms. The fourth-order valence-electron chi connectivity index (χ4n) is 2.71. The quantitative estimate of drug-likeness (QED) is 0.403. The smallest absolute Gasteiger partial charge is 0.331 e. The van der Waals surface area contributed by atoms with Gasteiger partial charge in [-0.2, -0.15) is 0 Å². The van der Waals surface area contributed by atoms with Crippen molar-refractivity contribution in [3.63, 3.8) is 0 Å². The van der Waals surface area contributed by atoms with Gasteiger partial charge < -0.3 is 24.3 Å². The second-order valence-electron chi connectivity index (χ2n) is 6.26. The van der Waals surface area contributed by atoms with Crippen LogP contribution < -0.4 is 14.8 Å². The molecule has 148 valence electrons. The predicted octanol–water partition coefficient (Wildman–Crippen LogP) is 2.12. The number of ether oxygens (including phenoxy) is 4. The van der Waals surface area contributed by atoms with Crippen LogP contribution in [-0.2, 0) is 25.5 Å². The Kier molecular flexibility index (Phi) is 7.67. The maximum atomic E-state index is 12.0. The van der Waals surface area contributed by atoms with Crippen LogP contribution in [0.5, 0.6) is 11.5 Å². The molecule has 0 aliphatic carbocycles. The first kappa shape index (κ1) is 20.8. The number of carbonyl (C=O) groups is 2. The lowest BCUT2D eigenvalue weighted by Gasteiger charge is -2.12. The molecule has 0 saturated carbocycles. The highest BCUT2D eigenvalue weighted by Gasteiger charge is 2.21. The van der Waals surface area contributed by atoms with Crippen LogP contribution in [0.3, 0.4) is 0 Å². The lowest BCUT2D eigenvalue weighted by molar-refractivity contribution is -0.150. The Hall–Kier alpha value is -2.54. The van der Waals surface area contributed by atoms with E-state index in [0.717, 1.165) is 23.3 Å². The van der Waals surface area contributed by atoms with Gasteiger partial charge in [-0.05, 0) is 39.0 Å². The van der Waals surface area contributed by atoms with Crippen molar-refractivity contribution in [2.75, 3.05) is 26.9 Å². The Balaban J connectivity index is 2.01. The minimum Gasteiger partial charge on any atom is -0.493 e. The molecule has 7 heteroatoms. The molecule has 1 amide bonds. The number of fused-ring (bicyclic) bond motifs is 1. The van der Waals surface area contributed by atoms with Gasteiger partial charge in [0.25, 0.3) is 5.91 Å². The van der Waals surface area contributed by atoms with Crippen LogP contribution in [0.25, 0.3) is 6.08 Å². The third-order valence-corrected chi connectivity index (χ3v) is 3.99. The van der Waals surface area contributed by atoms with Crippen molar-refractivity contribution in [2.24, 2.45) is 0 Å². The zero-order chi connectivity index (χ0) is 19.8. The summed E-state index contributed by atoms with van der Waals surface area (Å²) < 4.78 is 21.4. The van der Waals surface area contributed by atoms with Gasteiger partial charge in [-0.15, -0.1) is 0 Å². The second-order valence-corrected chi connectivity index (χ2v) is 6.26. The highest BCUT2D eigenvalue weighted by atomic mass is 16.5. The van der Waals surface area contributed by atoms with Crippen molar-refractivity contribution in [3.8, 4) is 11.5 Å². The maximum absolute atomic E-state index is 12.0. The number of esters is 1. The zero-order valence-electron chi connectivity index (χ0n) is 16.2. The summed E-state index contributed by atoms with van der Waals surface area (Å²) in [6.45, 7) is 6.69. The van der Waals surface area contributed by atoms with Gasteiger partial charge in [-0.3, -0.25) is 4.79 Å². The molecule has 0 fully saturated rings. The van der Waals surface area contributed by atoms with E-state index in [1.54, 1.807) is 13.2 Å². The summed E-state index contributed by atoms with van der Waals surface area (Å²) in [5.74, 6) is 0.499. The lowest BCUT2D eigenvalue weighted by atomic mass is 10.1. The molecule has 0 spiro atoms. The first-order valence-corrected chi connectivity index (χ1v) is 9.06. The van der Waals surface area contributed by atoms with Crippen molar-refractivity contribution in [3.05, 3.63) is 29.3 Å². The fourth-order valence-corrected chi connectivity index (χ4v) is 2.71. The van der Waals surface area contributed by atoms with Crippen LogP contribution >= 0.6 is 0 Å². The van der Waals surface area contributed by atoms with Gasteiger partial charge in [-0.25, -0.2) is 4.79 Å². The summed E-state index contributed by atoms with van der Waals surface area (Å²) in [5, 5.41) is 2.62. The number of nitrogens with one attached hydrogen (secondary N) is 1. The molecule has 0 radical (unpaired) electrons. The van der Waals surface area contributed by atoms with Crippen LogP contribution in [-0.4, -0.2) is 51.0 Å². The van der Waals surface area contributed by atoms with Gasteiger partial charge in [-0.1, -0.05) is 0 Å².